The van der Waals surface area contributed by atoms with E-state index in [2.05, 4.69) is 5.32 Å². The smallest absolute Gasteiger partial charge is 0.251 e. The van der Waals surface area contributed by atoms with Crippen molar-refractivity contribution in [2.45, 2.75) is 69.2 Å². The molecule has 2 fully saturated rings. The third-order valence-corrected chi connectivity index (χ3v) is 7.73. The molecule has 0 bridgehead atoms. The highest BCUT2D eigenvalue weighted by molar-refractivity contribution is 7.89. The molecule has 1 N–H and O–H groups in total. The minimum Gasteiger partial charge on any atom is -0.352 e. The zero-order valence-electron chi connectivity index (χ0n) is 15.6. The Hall–Kier alpha value is -1.40. The average molecular weight is 379 g/mol. The van der Waals surface area contributed by atoms with Crippen molar-refractivity contribution in [3.8, 4) is 0 Å². The molecule has 0 radical (unpaired) electrons. The van der Waals surface area contributed by atoms with Gasteiger partial charge in [0.05, 0.1) is 4.90 Å². The number of benzene rings is 1. The summed E-state index contributed by atoms with van der Waals surface area (Å²) < 4.78 is 27.5. The lowest BCUT2D eigenvalue weighted by molar-refractivity contribution is 0.0943. The summed E-state index contributed by atoms with van der Waals surface area (Å²) >= 11 is 0. The van der Waals surface area contributed by atoms with E-state index in [0.717, 1.165) is 19.3 Å². The van der Waals surface area contributed by atoms with Crippen molar-refractivity contribution in [2.75, 3.05) is 13.1 Å². The van der Waals surface area contributed by atoms with Crippen molar-refractivity contribution in [3.63, 3.8) is 0 Å². The number of amides is 1. The molecule has 144 valence electrons. The highest BCUT2D eigenvalue weighted by Crippen LogP contribution is 2.26. The first-order valence-electron chi connectivity index (χ1n) is 9.88. The molecule has 1 atom stereocenters. The van der Waals surface area contributed by atoms with E-state index in [1.165, 1.54) is 38.2 Å². The van der Waals surface area contributed by atoms with Gasteiger partial charge >= 0.3 is 0 Å². The van der Waals surface area contributed by atoms with Crippen molar-refractivity contribution in [3.05, 3.63) is 29.8 Å². The molecule has 1 aliphatic heterocycles. The van der Waals surface area contributed by atoms with Crippen molar-refractivity contribution in [2.24, 2.45) is 5.92 Å². The van der Waals surface area contributed by atoms with Gasteiger partial charge in [-0.1, -0.05) is 31.7 Å². The van der Waals surface area contributed by atoms with E-state index in [1.807, 2.05) is 6.92 Å². The summed E-state index contributed by atoms with van der Waals surface area (Å²) in [4.78, 5) is 12.7. The van der Waals surface area contributed by atoms with Crippen molar-refractivity contribution < 1.29 is 13.2 Å². The summed E-state index contributed by atoms with van der Waals surface area (Å²) in [6, 6.07) is 6.48. The van der Waals surface area contributed by atoms with Gasteiger partial charge in [-0.25, -0.2) is 8.42 Å². The number of carbonyl (C=O) groups is 1. The van der Waals surface area contributed by atoms with Crippen LogP contribution in [0.2, 0.25) is 0 Å². The van der Waals surface area contributed by atoms with E-state index in [1.54, 1.807) is 22.5 Å². The van der Waals surface area contributed by atoms with Crippen LogP contribution in [0.1, 0.15) is 68.6 Å². The summed E-state index contributed by atoms with van der Waals surface area (Å²) in [5.41, 5.74) is 0.423. The summed E-state index contributed by atoms with van der Waals surface area (Å²) in [7, 11) is -3.55. The topological polar surface area (TPSA) is 66.5 Å². The monoisotopic (exact) mass is 378 g/mol. The molecular formula is C20H30N2O3S. The van der Waals surface area contributed by atoms with Gasteiger partial charge in [0.1, 0.15) is 0 Å². The molecule has 1 aliphatic carbocycles. The van der Waals surface area contributed by atoms with Crippen molar-refractivity contribution >= 4 is 15.9 Å². The number of piperidine rings is 1. The Balaban J connectivity index is 1.69. The fourth-order valence-corrected chi connectivity index (χ4v) is 5.84. The molecule has 0 aromatic heterocycles. The number of hydrogen-bond donors (Lipinski definition) is 1. The molecule has 26 heavy (non-hydrogen) atoms. The van der Waals surface area contributed by atoms with E-state index in [4.69, 9.17) is 0 Å². The Labute approximate surface area is 157 Å². The lowest BCUT2D eigenvalue weighted by Crippen LogP contribution is -2.42. The van der Waals surface area contributed by atoms with Gasteiger partial charge in [-0.05, 0) is 56.7 Å². The van der Waals surface area contributed by atoms with Crippen LogP contribution in [-0.2, 0) is 10.0 Å². The highest BCUT2D eigenvalue weighted by Gasteiger charge is 2.31. The Bertz CT molecular complexity index is 726. The van der Waals surface area contributed by atoms with Gasteiger partial charge in [0.25, 0.3) is 5.91 Å². The maximum absolute atomic E-state index is 13.0. The van der Waals surface area contributed by atoms with Crippen LogP contribution in [0.3, 0.4) is 0 Å². The number of sulfonamides is 1. The second-order valence-electron chi connectivity index (χ2n) is 7.70. The molecule has 0 spiro atoms. The average Bonchev–Trinajstić information content (AvgIpc) is 2.67. The summed E-state index contributed by atoms with van der Waals surface area (Å²) in [5.74, 6) is 0.369. The zero-order valence-corrected chi connectivity index (χ0v) is 16.4. The third kappa shape index (κ3) is 4.46. The normalized spacial score (nSPS) is 22.9. The molecule has 1 saturated carbocycles. The highest BCUT2D eigenvalue weighted by atomic mass is 32.2. The maximum Gasteiger partial charge on any atom is 0.251 e. The fraction of sp³-hybridized carbons (Fsp3) is 0.650. The van der Waals surface area contributed by atoms with Crippen molar-refractivity contribution in [1.29, 1.82) is 0 Å². The van der Waals surface area contributed by atoms with Crippen LogP contribution < -0.4 is 5.32 Å². The number of nitrogens with zero attached hydrogens (tertiary/aromatic N) is 1. The first-order valence-corrected chi connectivity index (χ1v) is 11.3. The van der Waals surface area contributed by atoms with Crippen LogP contribution >= 0.6 is 0 Å². The minimum absolute atomic E-state index is 0.0116. The van der Waals surface area contributed by atoms with Gasteiger partial charge in [0.2, 0.25) is 10.0 Å². The van der Waals surface area contributed by atoms with E-state index < -0.39 is 10.0 Å². The lowest BCUT2D eigenvalue weighted by Gasteiger charge is -2.32. The summed E-state index contributed by atoms with van der Waals surface area (Å²) in [6.07, 6.45) is 8.95. The zero-order chi connectivity index (χ0) is 18.6. The largest absolute Gasteiger partial charge is 0.352 e. The molecular weight excluding hydrogens is 348 g/mol. The number of hydrogen-bond acceptors (Lipinski definition) is 3. The van der Waals surface area contributed by atoms with Gasteiger partial charge in [-0.2, -0.15) is 4.31 Å². The number of rotatable bonds is 5. The summed E-state index contributed by atoms with van der Waals surface area (Å²) in [5, 5.41) is 2.99. The quantitative estimate of drug-likeness (QED) is 0.852. The lowest BCUT2D eigenvalue weighted by atomic mass is 9.89. The van der Waals surface area contributed by atoms with Crippen molar-refractivity contribution in [1.82, 2.24) is 9.62 Å². The van der Waals surface area contributed by atoms with Crippen LogP contribution in [0.25, 0.3) is 0 Å². The van der Waals surface area contributed by atoms with E-state index in [0.29, 0.717) is 24.6 Å². The van der Waals surface area contributed by atoms with Gasteiger partial charge in [-0.3, -0.25) is 4.79 Å². The summed E-state index contributed by atoms with van der Waals surface area (Å²) in [6.45, 7) is 3.19. The van der Waals surface area contributed by atoms with Gasteiger partial charge in [0.15, 0.2) is 0 Å². The number of carbonyl (C=O) groups excluding carboxylic acids is 1. The molecule has 5 nitrogen and oxygen atoms in total. The van der Waals surface area contributed by atoms with Gasteiger partial charge in [-0.15, -0.1) is 0 Å². The predicted octanol–water partition coefficient (Wildman–Crippen LogP) is 3.56. The Morgan fingerprint density at radius 1 is 1.12 bits per heavy atom. The first kappa shape index (κ1) is 19.4. The Morgan fingerprint density at radius 3 is 2.58 bits per heavy atom. The van der Waals surface area contributed by atoms with E-state index in [9.17, 15) is 13.2 Å². The SMILES string of the molecule is CC1CCCCN1S(=O)(=O)c1cccc(C(=O)NCC2CCCCC2)c1. The molecule has 1 amide bonds. The van der Waals surface area contributed by atoms with Gasteiger partial charge in [0, 0.05) is 24.7 Å². The molecule has 6 heteroatoms. The van der Waals surface area contributed by atoms with E-state index >= 15 is 0 Å². The van der Waals surface area contributed by atoms with Crippen LogP contribution in [0.4, 0.5) is 0 Å². The van der Waals surface area contributed by atoms with Crippen LogP contribution in [0.15, 0.2) is 29.2 Å². The Kier molecular flexibility index (Phi) is 6.35. The van der Waals surface area contributed by atoms with Crippen LogP contribution in [-0.4, -0.2) is 37.8 Å². The molecule has 2 aliphatic rings. The molecule has 3 rings (SSSR count). The standard InChI is InChI=1S/C20H30N2O3S/c1-16-8-5-6-13-22(16)26(24,25)19-12-7-11-18(14-19)20(23)21-15-17-9-3-2-4-10-17/h7,11-12,14,16-17H,2-6,8-10,13,15H2,1H3,(H,21,23). The number of nitrogens with one attached hydrogen (secondary N) is 1. The predicted molar refractivity (Wildman–Crippen MR) is 103 cm³/mol. The molecule has 1 aromatic carbocycles. The van der Waals surface area contributed by atoms with E-state index in [-0.39, 0.29) is 16.8 Å². The molecule has 1 aromatic rings. The molecule has 1 heterocycles. The third-order valence-electron chi connectivity index (χ3n) is 5.72. The first-order chi connectivity index (χ1) is 12.5. The van der Waals surface area contributed by atoms with Gasteiger partial charge < -0.3 is 5.32 Å². The maximum atomic E-state index is 13.0. The van der Waals surface area contributed by atoms with Crippen LogP contribution in [0.5, 0.6) is 0 Å². The molecule has 1 unspecified atom stereocenters. The fourth-order valence-electron chi connectivity index (χ4n) is 4.09. The Morgan fingerprint density at radius 2 is 1.85 bits per heavy atom. The van der Waals surface area contributed by atoms with Crippen LogP contribution in [0, 0.1) is 5.92 Å². The minimum atomic E-state index is -3.55. The second kappa shape index (κ2) is 8.53. The second-order valence-corrected chi connectivity index (χ2v) is 9.59. The molecule has 1 saturated heterocycles.